The zero-order valence-corrected chi connectivity index (χ0v) is 7.38. The molecule has 1 aliphatic rings. The van der Waals surface area contributed by atoms with Crippen molar-refractivity contribution in [1.29, 1.82) is 0 Å². The minimum atomic E-state index is -3.03. The van der Waals surface area contributed by atoms with Crippen molar-refractivity contribution >= 4 is 15.7 Å². The first-order valence-corrected chi connectivity index (χ1v) is 5.50. The van der Waals surface area contributed by atoms with Gasteiger partial charge in [-0.15, -0.1) is 0 Å². The molecule has 5 nitrogen and oxygen atoms in total. The predicted molar refractivity (Wildman–Crippen MR) is 43.9 cm³/mol. The number of carbonyl (C=O) groups excluding carboxylic acids is 1. The van der Waals surface area contributed by atoms with Gasteiger partial charge in [-0.3, -0.25) is 4.79 Å². The zero-order chi connectivity index (χ0) is 9.35. The van der Waals surface area contributed by atoms with Crippen LogP contribution in [0.15, 0.2) is 0 Å². The predicted octanol–water partition coefficient (Wildman–Crippen LogP) is -1.77. The number of sulfone groups is 1. The first-order valence-electron chi connectivity index (χ1n) is 3.68. The summed E-state index contributed by atoms with van der Waals surface area (Å²) >= 11 is 0. The van der Waals surface area contributed by atoms with Crippen molar-refractivity contribution in [3.8, 4) is 0 Å². The third-order valence-electron chi connectivity index (χ3n) is 2.07. The van der Waals surface area contributed by atoms with E-state index in [0.717, 1.165) is 0 Å². The van der Waals surface area contributed by atoms with E-state index in [-0.39, 0.29) is 17.9 Å². The lowest BCUT2D eigenvalue weighted by Crippen LogP contribution is -2.48. The molecule has 0 aromatic heterocycles. The molecule has 0 spiro atoms. The first-order chi connectivity index (χ1) is 5.42. The van der Waals surface area contributed by atoms with Crippen LogP contribution in [-0.4, -0.2) is 31.9 Å². The average molecular weight is 192 g/mol. The molecule has 1 rings (SSSR count). The third-order valence-corrected chi connectivity index (χ3v) is 3.82. The maximum atomic E-state index is 11.0. The van der Waals surface area contributed by atoms with Crippen molar-refractivity contribution in [3.05, 3.63) is 0 Å². The van der Waals surface area contributed by atoms with Crippen molar-refractivity contribution in [3.63, 3.8) is 0 Å². The van der Waals surface area contributed by atoms with Crippen LogP contribution in [0.4, 0.5) is 0 Å². The zero-order valence-electron chi connectivity index (χ0n) is 6.56. The molecule has 1 saturated heterocycles. The molecule has 1 amide bonds. The molecule has 6 heteroatoms. The highest BCUT2D eigenvalue weighted by atomic mass is 32.2. The van der Waals surface area contributed by atoms with E-state index in [2.05, 4.69) is 0 Å². The molecular weight excluding hydrogens is 180 g/mol. The van der Waals surface area contributed by atoms with Gasteiger partial charge in [-0.25, -0.2) is 8.42 Å². The van der Waals surface area contributed by atoms with Gasteiger partial charge in [0.1, 0.15) is 0 Å². The Balaban J connectivity index is 2.72. The summed E-state index contributed by atoms with van der Waals surface area (Å²) in [6.07, 6.45) is 0.263. The fraction of sp³-hybridized carbons (Fsp3) is 0.833. The molecule has 1 heterocycles. The smallest absolute Gasteiger partial charge is 0.222 e. The van der Waals surface area contributed by atoms with E-state index in [4.69, 9.17) is 11.5 Å². The van der Waals surface area contributed by atoms with Crippen LogP contribution in [0.1, 0.15) is 6.42 Å². The molecule has 0 bridgehead atoms. The number of carbonyl (C=O) groups is 1. The van der Waals surface area contributed by atoms with Crippen molar-refractivity contribution in [1.82, 2.24) is 0 Å². The van der Waals surface area contributed by atoms with Crippen LogP contribution >= 0.6 is 0 Å². The van der Waals surface area contributed by atoms with E-state index in [0.29, 0.717) is 0 Å². The van der Waals surface area contributed by atoms with E-state index in [1.165, 1.54) is 0 Å². The van der Waals surface area contributed by atoms with Gasteiger partial charge in [0.05, 0.1) is 17.4 Å². The summed E-state index contributed by atoms with van der Waals surface area (Å²) in [6, 6.07) is -0.624. The van der Waals surface area contributed by atoms with E-state index in [1.54, 1.807) is 0 Å². The highest BCUT2D eigenvalue weighted by molar-refractivity contribution is 7.91. The van der Waals surface area contributed by atoms with Crippen LogP contribution in [0, 0.1) is 5.92 Å². The van der Waals surface area contributed by atoms with Gasteiger partial charge in [-0.1, -0.05) is 0 Å². The van der Waals surface area contributed by atoms with E-state index < -0.39 is 27.7 Å². The molecule has 2 atom stereocenters. The van der Waals surface area contributed by atoms with Gasteiger partial charge in [0.25, 0.3) is 0 Å². The van der Waals surface area contributed by atoms with Gasteiger partial charge in [0.15, 0.2) is 9.84 Å². The lowest BCUT2D eigenvalue weighted by atomic mass is 9.98. The number of hydrogen-bond donors (Lipinski definition) is 2. The third kappa shape index (κ3) is 1.95. The van der Waals surface area contributed by atoms with Gasteiger partial charge in [0, 0.05) is 6.04 Å². The second kappa shape index (κ2) is 3.02. The van der Waals surface area contributed by atoms with Crippen molar-refractivity contribution in [2.45, 2.75) is 12.5 Å². The van der Waals surface area contributed by atoms with Gasteiger partial charge < -0.3 is 11.5 Å². The second-order valence-corrected chi connectivity index (χ2v) is 5.30. The molecule has 70 valence electrons. The monoisotopic (exact) mass is 192 g/mol. The highest BCUT2D eigenvalue weighted by Crippen LogP contribution is 2.17. The van der Waals surface area contributed by atoms with Crippen LogP contribution < -0.4 is 11.5 Å². The molecule has 0 saturated carbocycles. The van der Waals surface area contributed by atoms with Gasteiger partial charge >= 0.3 is 0 Å². The number of hydrogen-bond acceptors (Lipinski definition) is 4. The summed E-state index contributed by atoms with van der Waals surface area (Å²) in [5, 5.41) is 0. The van der Waals surface area contributed by atoms with Gasteiger partial charge in [0.2, 0.25) is 5.91 Å². The Hall–Kier alpha value is -0.620. The largest absolute Gasteiger partial charge is 0.369 e. The second-order valence-electron chi connectivity index (χ2n) is 3.08. The molecule has 0 radical (unpaired) electrons. The molecule has 0 aromatic carbocycles. The standard InChI is InChI=1S/C6H12N2O3S/c7-5-3-12(10,11)2-1-4(5)6(8)9/h4-5H,1-3,7H2,(H2,8,9). The lowest BCUT2D eigenvalue weighted by molar-refractivity contribution is -0.122. The SMILES string of the molecule is NC(=O)C1CCS(=O)(=O)CC1N. The molecule has 12 heavy (non-hydrogen) atoms. The Labute approximate surface area is 71.0 Å². The van der Waals surface area contributed by atoms with Crippen molar-refractivity contribution in [2.75, 3.05) is 11.5 Å². The van der Waals surface area contributed by atoms with Crippen LogP contribution in [0.25, 0.3) is 0 Å². The Morgan fingerprint density at radius 2 is 2.00 bits per heavy atom. The van der Waals surface area contributed by atoms with Crippen molar-refractivity contribution in [2.24, 2.45) is 17.4 Å². The maximum absolute atomic E-state index is 11.0. The minimum absolute atomic E-state index is 0.0221. The molecule has 4 N–H and O–H groups in total. The molecule has 0 aromatic rings. The molecule has 2 unspecified atom stereocenters. The summed E-state index contributed by atoms with van der Waals surface area (Å²) in [5.41, 5.74) is 10.5. The number of amides is 1. The fourth-order valence-electron chi connectivity index (χ4n) is 1.37. The topological polar surface area (TPSA) is 103 Å². The van der Waals surface area contributed by atoms with E-state index in [1.807, 2.05) is 0 Å². The fourth-order valence-corrected chi connectivity index (χ4v) is 2.97. The summed E-state index contributed by atoms with van der Waals surface area (Å²) < 4.78 is 22.0. The molecule has 1 aliphatic heterocycles. The molecular formula is C6H12N2O3S. The minimum Gasteiger partial charge on any atom is -0.369 e. The average Bonchev–Trinajstić information content (AvgIpc) is 1.83. The Kier molecular flexibility index (Phi) is 2.39. The summed E-state index contributed by atoms with van der Waals surface area (Å²) in [4.78, 5) is 10.7. The van der Waals surface area contributed by atoms with Crippen LogP contribution in [0.2, 0.25) is 0 Å². The maximum Gasteiger partial charge on any atom is 0.222 e. The Morgan fingerprint density at radius 1 is 1.42 bits per heavy atom. The van der Waals surface area contributed by atoms with E-state index >= 15 is 0 Å². The number of nitrogens with two attached hydrogens (primary N) is 2. The van der Waals surface area contributed by atoms with Gasteiger partial charge in [-0.05, 0) is 6.42 Å². The van der Waals surface area contributed by atoms with Crippen molar-refractivity contribution < 1.29 is 13.2 Å². The van der Waals surface area contributed by atoms with Crippen LogP contribution in [-0.2, 0) is 14.6 Å². The van der Waals surface area contributed by atoms with E-state index in [9.17, 15) is 13.2 Å². The quantitative estimate of drug-likeness (QED) is 0.513. The Morgan fingerprint density at radius 3 is 2.42 bits per heavy atom. The normalized spacial score (nSPS) is 34.4. The van der Waals surface area contributed by atoms with Crippen LogP contribution in [0.3, 0.4) is 0 Å². The van der Waals surface area contributed by atoms with Gasteiger partial charge in [-0.2, -0.15) is 0 Å². The lowest BCUT2D eigenvalue weighted by Gasteiger charge is -2.25. The molecule has 0 aliphatic carbocycles. The summed E-state index contributed by atoms with van der Waals surface area (Å²) in [7, 11) is -3.03. The summed E-state index contributed by atoms with van der Waals surface area (Å²) in [6.45, 7) is 0. The Bertz CT molecular complexity index is 285. The molecule has 1 fully saturated rings. The highest BCUT2D eigenvalue weighted by Gasteiger charge is 2.33. The summed E-state index contributed by atoms with van der Waals surface area (Å²) in [5.74, 6) is -1.08. The van der Waals surface area contributed by atoms with Crippen LogP contribution in [0.5, 0.6) is 0 Å². The first kappa shape index (κ1) is 9.47. The number of rotatable bonds is 1. The number of primary amides is 1.